The number of urea groups is 1. The molecule has 2 aliphatic heterocycles. The van der Waals surface area contributed by atoms with Gasteiger partial charge in [-0.25, -0.2) is 4.79 Å². The van der Waals surface area contributed by atoms with Crippen molar-refractivity contribution in [2.45, 2.75) is 50.6 Å². The lowest BCUT2D eigenvalue weighted by molar-refractivity contribution is -0.153. The molecule has 2 bridgehead atoms. The number of rotatable bonds is 3. The number of hydrogen-bond acceptors (Lipinski definition) is 3. The summed E-state index contributed by atoms with van der Waals surface area (Å²) in [7, 11) is 2.15. The van der Waals surface area contributed by atoms with E-state index in [1.165, 1.54) is 6.42 Å². The molecule has 2 atom stereocenters. The van der Waals surface area contributed by atoms with Gasteiger partial charge in [-0.2, -0.15) is 0 Å². The Morgan fingerprint density at radius 3 is 2.57 bits per heavy atom. The zero-order chi connectivity index (χ0) is 15.0. The number of fused-ring (bicyclic) bond motifs is 2. The van der Waals surface area contributed by atoms with Gasteiger partial charge in [0.15, 0.2) is 0 Å². The largest absolute Gasteiger partial charge is 0.481 e. The smallest absolute Gasteiger partial charge is 0.317 e. The second kappa shape index (κ2) is 5.48. The zero-order valence-electron chi connectivity index (χ0n) is 12.7. The van der Waals surface area contributed by atoms with E-state index in [0.717, 1.165) is 32.4 Å². The van der Waals surface area contributed by atoms with E-state index >= 15 is 0 Å². The van der Waals surface area contributed by atoms with Crippen LogP contribution in [-0.2, 0) is 4.79 Å². The van der Waals surface area contributed by atoms with E-state index in [-0.39, 0.29) is 12.6 Å². The van der Waals surface area contributed by atoms with Crippen LogP contribution in [0, 0.1) is 5.41 Å². The Hall–Kier alpha value is -1.30. The Kier molecular flexibility index (Phi) is 3.82. The van der Waals surface area contributed by atoms with Crippen molar-refractivity contribution in [3.63, 3.8) is 0 Å². The van der Waals surface area contributed by atoms with Crippen molar-refractivity contribution >= 4 is 12.0 Å². The summed E-state index contributed by atoms with van der Waals surface area (Å²) in [5.74, 6) is -0.774. The number of nitrogens with one attached hydrogen (secondary N) is 1. The Balaban J connectivity index is 1.55. The molecule has 2 amide bonds. The Labute approximate surface area is 125 Å². The van der Waals surface area contributed by atoms with Crippen LogP contribution >= 0.6 is 0 Å². The minimum atomic E-state index is -0.774. The van der Waals surface area contributed by atoms with Crippen LogP contribution in [0.4, 0.5) is 4.79 Å². The van der Waals surface area contributed by atoms with Crippen molar-refractivity contribution in [1.82, 2.24) is 15.1 Å². The number of carbonyl (C=O) groups is 2. The van der Waals surface area contributed by atoms with E-state index in [4.69, 9.17) is 0 Å². The van der Waals surface area contributed by atoms with E-state index in [1.807, 2.05) is 4.90 Å². The first-order valence-electron chi connectivity index (χ1n) is 8.00. The first kappa shape index (κ1) is 14.6. The molecule has 3 rings (SSSR count). The van der Waals surface area contributed by atoms with Crippen LogP contribution in [-0.4, -0.2) is 65.7 Å². The van der Waals surface area contributed by atoms with Gasteiger partial charge in [-0.1, -0.05) is 6.42 Å². The number of carboxylic acid groups (broad SMARTS) is 1. The molecule has 21 heavy (non-hydrogen) atoms. The number of aliphatic carboxylic acids is 1. The van der Waals surface area contributed by atoms with Gasteiger partial charge in [0, 0.05) is 31.7 Å². The third-order valence-corrected chi connectivity index (χ3v) is 5.78. The van der Waals surface area contributed by atoms with E-state index < -0.39 is 11.4 Å². The predicted molar refractivity (Wildman–Crippen MR) is 78.1 cm³/mol. The van der Waals surface area contributed by atoms with Crippen molar-refractivity contribution < 1.29 is 14.7 Å². The molecule has 0 aromatic heterocycles. The van der Waals surface area contributed by atoms with Crippen molar-refractivity contribution in [2.75, 3.05) is 26.7 Å². The van der Waals surface area contributed by atoms with Crippen LogP contribution in [0.15, 0.2) is 0 Å². The maximum Gasteiger partial charge on any atom is 0.317 e. The van der Waals surface area contributed by atoms with Gasteiger partial charge in [-0.15, -0.1) is 0 Å². The normalized spacial score (nSPS) is 31.4. The summed E-state index contributed by atoms with van der Waals surface area (Å²) in [5, 5.41) is 12.2. The summed E-state index contributed by atoms with van der Waals surface area (Å²) in [6.07, 6.45) is 5.71. The molecule has 6 heteroatoms. The highest BCUT2D eigenvalue weighted by Crippen LogP contribution is 2.40. The number of carboxylic acids is 1. The third-order valence-electron chi connectivity index (χ3n) is 5.78. The molecule has 2 heterocycles. The molecule has 0 spiro atoms. The molecule has 0 aromatic carbocycles. The molecule has 2 saturated heterocycles. The lowest BCUT2D eigenvalue weighted by atomic mass is 9.69. The summed E-state index contributed by atoms with van der Waals surface area (Å²) < 4.78 is 0. The lowest BCUT2D eigenvalue weighted by Gasteiger charge is -2.38. The summed E-state index contributed by atoms with van der Waals surface area (Å²) in [6.45, 7) is 1.80. The van der Waals surface area contributed by atoms with Crippen LogP contribution in [0.25, 0.3) is 0 Å². The second-order valence-electron chi connectivity index (χ2n) is 6.88. The zero-order valence-corrected chi connectivity index (χ0v) is 12.7. The third kappa shape index (κ3) is 2.61. The molecule has 3 aliphatic rings. The molecule has 6 nitrogen and oxygen atoms in total. The monoisotopic (exact) mass is 295 g/mol. The molecule has 2 unspecified atom stereocenters. The standard InChI is InChI=1S/C15H25N3O3/c1-17-11-3-4-12(17)9-18(8-5-11)14(21)16-10-15(13(19)20)6-2-7-15/h11-12H,2-10H2,1H3,(H,16,21)(H,19,20). The average Bonchev–Trinajstić information content (AvgIpc) is 2.61. The van der Waals surface area contributed by atoms with Gasteiger partial charge < -0.3 is 15.3 Å². The number of hydrogen-bond donors (Lipinski definition) is 2. The molecular weight excluding hydrogens is 270 g/mol. The number of amides is 2. The van der Waals surface area contributed by atoms with Crippen molar-refractivity contribution in [2.24, 2.45) is 5.41 Å². The molecule has 1 aliphatic carbocycles. The minimum absolute atomic E-state index is 0.0940. The predicted octanol–water partition coefficient (Wildman–Crippen LogP) is 1.12. The van der Waals surface area contributed by atoms with Crippen LogP contribution in [0.2, 0.25) is 0 Å². The highest BCUT2D eigenvalue weighted by molar-refractivity contribution is 5.79. The first-order chi connectivity index (χ1) is 10.0. The number of nitrogens with zero attached hydrogens (tertiary/aromatic N) is 2. The highest BCUT2D eigenvalue weighted by atomic mass is 16.4. The van der Waals surface area contributed by atoms with Gasteiger partial charge in [-0.3, -0.25) is 9.69 Å². The minimum Gasteiger partial charge on any atom is -0.481 e. The highest BCUT2D eigenvalue weighted by Gasteiger charge is 2.45. The van der Waals surface area contributed by atoms with Crippen molar-refractivity contribution in [3.05, 3.63) is 0 Å². The maximum absolute atomic E-state index is 12.3. The quantitative estimate of drug-likeness (QED) is 0.818. The van der Waals surface area contributed by atoms with Crippen LogP contribution in [0.1, 0.15) is 38.5 Å². The Morgan fingerprint density at radius 1 is 1.24 bits per heavy atom. The van der Waals surface area contributed by atoms with Gasteiger partial charge in [0.2, 0.25) is 0 Å². The van der Waals surface area contributed by atoms with E-state index in [1.54, 1.807) is 0 Å². The summed E-state index contributed by atoms with van der Waals surface area (Å²) in [6, 6.07) is 0.966. The van der Waals surface area contributed by atoms with E-state index in [9.17, 15) is 14.7 Å². The van der Waals surface area contributed by atoms with Crippen molar-refractivity contribution in [3.8, 4) is 0 Å². The molecule has 3 fully saturated rings. The number of likely N-dealkylation sites (tertiary alicyclic amines) is 1. The Bertz CT molecular complexity index is 436. The molecule has 2 N–H and O–H groups in total. The van der Waals surface area contributed by atoms with E-state index in [0.29, 0.717) is 24.9 Å². The number of likely N-dealkylation sites (N-methyl/N-ethyl adjacent to an activating group) is 1. The summed E-state index contributed by atoms with van der Waals surface area (Å²) in [4.78, 5) is 27.9. The van der Waals surface area contributed by atoms with Gasteiger partial charge in [0.25, 0.3) is 0 Å². The average molecular weight is 295 g/mol. The second-order valence-corrected chi connectivity index (χ2v) is 6.88. The van der Waals surface area contributed by atoms with Gasteiger partial charge in [-0.05, 0) is 39.2 Å². The lowest BCUT2D eigenvalue weighted by Crippen LogP contribution is -2.51. The first-order valence-corrected chi connectivity index (χ1v) is 8.00. The van der Waals surface area contributed by atoms with Crippen LogP contribution in [0.5, 0.6) is 0 Å². The molecule has 0 radical (unpaired) electrons. The van der Waals surface area contributed by atoms with Crippen LogP contribution in [0.3, 0.4) is 0 Å². The van der Waals surface area contributed by atoms with Gasteiger partial charge >= 0.3 is 12.0 Å². The topological polar surface area (TPSA) is 72.9 Å². The fraction of sp³-hybridized carbons (Fsp3) is 0.867. The molecule has 1 saturated carbocycles. The fourth-order valence-electron chi connectivity index (χ4n) is 3.92. The summed E-state index contributed by atoms with van der Waals surface area (Å²) in [5.41, 5.74) is -0.711. The molecule has 0 aromatic rings. The van der Waals surface area contributed by atoms with E-state index in [2.05, 4.69) is 17.3 Å². The molecular formula is C15H25N3O3. The number of carbonyl (C=O) groups excluding carboxylic acids is 1. The maximum atomic E-state index is 12.3. The van der Waals surface area contributed by atoms with Crippen molar-refractivity contribution in [1.29, 1.82) is 0 Å². The fourth-order valence-corrected chi connectivity index (χ4v) is 3.92. The molecule has 118 valence electrons. The van der Waals surface area contributed by atoms with Crippen LogP contribution < -0.4 is 5.32 Å². The summed E-state index contributed by atoms with van der Waals surface area (Å²) >= 11 is 0. The SMILES string of the molecule is CN1C2CCC1CN(C(=O)NCC1(C(=O)O)CCC1)CC2. The van der Waals surface area contributed by atoms with Gasteiger partial charge in [0.05, 0.1) is 5.41 Å². The van der Waals surface area contributed by atoms with Gasteiger partial charge in [0.1, 0.15) is 0 Å². The Morgan fingerprint density at radius 2 is 1.95 bits per heavy atom.